The Morgan fingerprint density at radius 1 is 1.00 bits per heavy atom. The fourth-order valence-electron chi connectivity index (χ4n) is 2.53. The van der Waals surface area contributed by atoms with Gasteiger partial charge in [-0.25, -0.2) is 0 Å². The monoisotopic (exact) mass is 305 g/mol. The maximum Gasteiger partial charge on any atom is 0.119 e. The molecule has 1 aromatic carbocycles. The second-order valence-electron chi connectivity index (χ2n) is 5.08. The lowest BCUT2D eigenvalue weighted by Gasteiger charge is -2.33. The van der Waals surface area contributed by atoms with Crippen molar-refractivity contribution in [1.29, 1.82) is 0 Å². The number of hydrogen-bond acceptors (Lipinski definition) is 4. The molecule has 1 aliphatic rings. The number of aromatic nitrogens is 1. The smallest absolute Gasteiger partial charge is 0.119 e. The number of nitrogens with two attached hydrogens (primary N) is 1. The van der Waals surface area contributed by atoms with Gasteiger partial charge in [0.1, 0.15) is 11.9 Å². The molecule has 1 aliphatic heterocycles. The van der Waals surface area contributed by atoms with Gasteiger partial charge in [-0.3, -0.25) is 4.98 Å². The summed E-state index contributed by atoms with van der Waals surface area (Å²) in [6.07, 6.45) is 6.04. The normalized spacial score (nSPS) is 15.3. The highest BCUT2D eigenvalue weighted by Gasteiger charge is 2.20. The summed E-state index contributed by atoms with van der Waals surface area (Å²) < 4.78 is 6.00. The van der Waals surface area contributed by atoms with Crippen LogP contribution >= 0.6 is 12.4 Å². The van der Waals surface area contributed by atoms with E-state index >= 15 is 0 Å². The second kappa shape index (κ2) is 7.18. The van der Waals surface area contributed by atoms with E-state index in [-0.39, 0.29) is 18.5 Å². The van der Waals surface area contributed by atoms with E-state index in [9.17, 15) is 0 Å². The zero-order valence-corrected chi connectivity index (χ0v) is 12.6. The summed E-state index contributed by atoms with van der Waals surface area (Å²) in [4.78, 5) is 6.44. The Hall–Kier alpha value is -1.94. The standard InChI is InChI=1S/C16H19N3O.ClH/c17-13-1-3-15(4-2-13)20-16-7-11-19(12-8-16)14-5-9-18-10-6-14;/h1-6,9-10,16H,7-8,11-12,17H2;1H. The van der Waals surface area contributed by atoms with Crippen LogP contribution in [-0.2, 0) is 0 Å². The number of ether oxygens (including phenoxy) is 1. The molecule has 0 spiro atoms. The van der Waals surface area contributed by atoms with E-state index in [0.29, 0.717) is 0 Å². The first-order valence-electron chi connectivity index (χ1n) is 6.98. The van der Waals surface area contributed by atoms with Crippen molar-refractivity contribution in [2.75, 3.05) is 23.7 Å². The molecule has 2 N–H and O–H groups in total. The number of halogens is 1. The van der Waals surface area contributed by atoms with Gasteiger partial charge in [0.15, 0.2) is 0 Å². The zero-order valence-electron chi connectivity index (χ0n) is 11.8. The number of anilines is 2. The first kappa shape index (κ1) is 15.4. The Kier molecular flexibility index (Phi) is 5.28. The summed E-state index contributed by atoms with van der Waals surface area (Å²) in [5.74, 6) is 0.904. The minimum atomic E-state index is 0. The molecular formula is C16H20ClN3O. The molecular weight excluding hydrogens is 286 g/mol. The number of nitrogen functional groups attached to an aromatic ring is 1. The fourth-order valence-corrected chi connectivity index (χ4v) is 2.53. The van der Waals surface area contributed by atoms with Crippen LogP contribution in [0.1, 0.15) is 12.8 Å². The Labute approximate surface area is 131 Å². The summed E-state index contributed by atoms with van der Waals surface area (Å²) in [7, 11) is 0. The van der Waals surface area contributed by atoms with Crippen LogP contribution in [-0.4, -0.2) is 24.2 Å². The Balaban J connectivity index is 0.00000161. The van der Waals surface area contributed by atoms with Gasteiger partial charge in [0, 0.05) is 49.7 Å². The SMILES string of the molecule is Cl.Nc1ccc(OC2CCN(c3ccncc3)CC2)cc1. The highest BCUT2D eigenvalue weighted by Crippen LogP contribution is 2.23. The van der Waals surface area contributed by atoms with Crippen LogP contribution < -0.4 is 15.4 Å². The molecule has 0 unspecified atom stereocenters. The van der Waals surface area contributed by atoms with Crippen LogP contribution in [0.5, 0.6) is 5.75 Å². The van der Waals surface area contributed by atoms with Crippen molar-refractivity contribution in [2.45, 2.75) is 18.9 Å². The van der Waals surface area contributed by atoms with Gasteiger partial charge in [-0.1, -0.05) is 0 Å². The maximum atomic E-state index is 6.00. The van der Waals surface area contributed by atoms with E-state index in [1.54, 1.807) is 0 Å². The Bertz CT molecular complexity index is 539. The van der Waals surface area contributed by atoms with Crippen LogP contribution in [0.4, 0.5) is 11.4 Å². The predicted octanol–water partition coefficient (Wildman–Crippen LogP) is 3.13. The summed E-state index contributed by atoms with van der Waals surface area (Å²) in [6.45, 7) is 2.04. The van der Waals surface area contributed by atoms with Gasteiger partial charge in [0.25, 0.3) is 0 Å². The van der Waals surface area contributed by atoms with Crippen LogP contribution in [0.3, 0.4) is 0 Å². The first-order chi connectivity index (χ1) is 9.81. The van der Waals surface area contributed by atoms with Crippen molar-refractivity contribution in [3.8, 4) is 5.75 Å². The molecule has 0 radical (unpaired) electrons. The third-order valence-corrected chi connectivity index (χ3v) is 3.65. The number of rotatable bonds is 3. The van der Waals surface area contributed by atoms with Crippen LogP contribution in [0, 0.1) is 0 Å². The molecule has 1 saturated heterocycles. The Morgan fingerprint density at radius 3 is 2.24 bits per heavy atom. The van der Waals surface area contributed by atoms with Crippen molar-refractivity contribution in [3.63, 3.8) is 0 Å². The average molecular weight is 306 g/mol. The minimum absolute atomic E-state index is 0. The van der Waals surface area contributed by atoms with Crippen molar-refractivity contribution in [1.82, 2.24) is 4.98 Å². The molecule has 2 heterocycles. The molecule has 4 nitrogen and oxygen atoms in total. The van der Waals surface area contributed by atoms with E-state index in [1.165, 1.54) is 5.69 Å². The maximum absolute atomic E-state index is 6.00. The molecule has 21 heavy (non-hydrogen) atoms. The largest absolute Gasteiger partial charge is 0.490 e. The van der Waals surface area contributed by atoms with Crippen molar-refractivity contribution < 1.29 is 4.74 Å². The highest BCUT2D eigenvalue weighted by molar-refractivity contribution is 5.85. The lowest BCUT2D eigenvalue weighted by atomic mass is 10.1. The third-order valence-electron chi connectivity index (χ3n) is 3.65. The lowest BCUT2D eigenvalue weighted by molar-refractivity contribution is 0.171. The second-order valence-corrected chi connectivity index (χ2v) is 5.08. The van der Waals surface area contributed by atoms with Crippen molar-refractivity contribution >= 4 is 23.8 Å². The molecule has 0 aliphatic carbocycles. The quantitative estimate of drug-likeness (QED) is 0.885. The van der Waals surface area contributed by atoms with Crippen LogP contribution in [0.15, 0.2) is 48.8 Å². The fraction of sp³-hybridized carbons (Fsp3) is 0.312. The number of hydrogen-bond donors (Lipinski definition) is 1. The minimum Gasteiger partial charge on any atom is -0.490 e. The van der Waals surface area contributed by atoms with Crippen molar-refractivity contribution in [3.05, 3.63) is 48.8 Å². The zero-order chi connectivity index (χ0) is 13.8. The predicted molar refractivity (Wildman–Crippen MR) is 88.2 cm³/mol. The van der Waals surface area contributed by atoms with Gasteiger partial charge in [-0.15, -0.1) is 12.4 Å². The topological polar surface area (TPSA) is 51.4 Å². The molecule has 112 valence electrons. The molecule has 0 bridgehead atoms. The molecule has 2 aromatic rings. The van der Waals surface area contributed by atoms with E-state index in [0.717, 1.165) is 37.4 Å². The Morgan fingerprint density at radius 2 is 1.62 bits per heavy atom. The van der Waals surface area contributed by atoms with Gasteiger partial charge >= 0.3 is 0 Å². The number of piperidine rings is 1. The van der Waals surface area contributed by atoms with Gasteiger partial charge < -0.3 is 15.4 Å². The molecule has 1 fully saturated rings. The molecule has 0 amide bonds. The first-order valence-corrected chi connectivity index (χ1v) is 6.98. The van der Waals surface area contributed by atoms with E-state index < -0.39 is 0 Å². The summed E-state index contributed by atoms with van der Waals surface area (Å²) in [6, 6.07) is 11.7. The number of benzene rings is 1. The van der Waals surface area contributed by atoms with Gasteiger partial charge in [-0.05, 0) is 36.4 Å². The molecule has 3 rings (SSSR count). The summed E-state index contributed by atoms with van der Waals surface area (Å²) >= 11 is 0. The van der Waals surface area contributed by atoms with Gasteiger partial charge in [0.2, 0.25) is 0 Å². The number of pyridine rings is 1. The summed E-state index contributed by atoms with van der Waals surface area (Å²) in [5, 5.41) is 0. The molecule has 0 saturated carbocycles. The van der Waals surface area contributed by atoms with Gasteiger partial charge in [-0.2, -0.15) is 0 Å². The van der Waals surface area contributed by atoms with Crippen LogP contribution in [0.25, 0.3) is 0 Å². The number of nitrogens with zero attached hydrogens (tertiary/aromatic N) is 2. The third kappa shape index (κ3) is 4.02. The lowest BCUT2D eigenvalue weighted by Crippen LogP contribution is -2.38. The van der Waals surface area contributed by atoms with Crippen LogP contribution in [0.2, 0.25) is 0 Å². The average Bonchev–Trinajstić information content (AvgIpc) is 2.51. The van der Waals surface area contributed by atoms with E-state index in [1.807, 2.05) is 36.7 Å². The molecule has 5 heteroatoms. The van der Waals surface area contributed by atoms with E-state index in [2.05, 4.69) is 22.0 Å². The van der Waals surface area contributed by atoms with E-state index in [4.69, 9.17) is 10.5 Å². The van der Waals surface area contributed by atoms with Crippen molar-refractivity contribution in [2.24, 2.45) is 0 Å². The molecule has 0 atom stereocenters. The highest BCUT2D eigenvalue weighted by atomic mass is 35.5. The van der Waals surface area contributed by atoms with Gasteiger partial charge in [0.05, 0.1) is 0 Å². The molecule has 1 aromatic heterocycles. The summed E-state index contributed by atoms with van der Waals surface area (Å²) in [5.41, 5.74) is 7.69.